The second-order valence-electron chi connectivity index (χ2n) is 9.51. The Kier molecular flexibility index (Phi) is 4.88. The number of hydrogen-bond acceptors (Lipinski definition) is 7. The number of fused-ring (bicyclic) bond motifs is 4. The van der Waals surface area contributed by atoms with Crippen molar-refractivity contribution in [3.63, 3.8) is 0 Å². The summed E-state index contributed by atoms with van der Waals surface area (Å²) < 4.78 is 6.47. The monoisotopic (exact) mass is 452 g/mol. The number of ether oxygens (including phenoxy) is 1. The first-order chi connectivity index (χ1) is 15.2. The summed E-state index contributed by atoms with van der Waals surface area (Å²) in [5.41, 5.74) is 1.82. The highest BCUT2D eigenvalue weighted by Gasteiger charge is 2.32. The van der Waals surface area contributed by atoms with Crippen LogP contribution in [0.25, 0.3) is 10.2 Å². The third-order valence-corrected chi connectivity index (χ3v) is 7.53. The van der Waals surface area contributed by atoms with E-state index in [1.807, 2.05) is 0 Å². The van der Waals surface area contributed by atoms with Crippen LogP contribution in [0.15, 0.2) is 23.0 Å². The summed E-state index contributed by atoms with van der Waals surface area (Å²) in [6.07, 6.45) is 2.82. The molecule has 0 fully saturated rings. The van der Waals surface area contributed by atoms with Crippen LogP contribution in [0.2, 0.25) is 0 Å². The Labute approximate surface area is 188 Å². The van der Waals surface area contributed by atoms with Gasteiger partial charge in [0.05, 0.1) is 11.1 Å². The van der Waals surface area contributed by atoms with Gasteiger partial charge >= 0.3 is 0 Å². The summed E-state index contributed by atoms with van der Waals surface area (Å²) in [6.45, 7) is 6.50. The lowest BCUT2D eigenvalue weighted by Gasteiger charge is -2.33. The SMILES string of the molecule is CC(C)(C)[C@@H]1CCc2c(sc3nnn(CC(=O)c4ccc5c(c4)NC(=O)CO5)c(=O)c23)C1. The molecular formula is C23H24N4O4S. The van der Waals surface area contributed by atoms with Crippen molar-refractivity contribution in [2.75, 3.05) is 11.9 Å². The van der Waals surface area contributed by atoms with E-state index >= 15 is 0 Å². The van der Waals surface area contributed by atoms with Crippen LogP contribution >= 0.6 is 11.3 Å². The predicted molar refractivity (Wildman–Crippen MR) is 122 cm³/mol. The highest BCUT2D eigenvalue weighted by Crippen LogP contribution is 2.41. The van der Waals surface area contributed by atoms with Crippen LogP contribution in [0.3, 0.4) is 0 Å². The number of thiophene rings is 1. The van der Waals surface area contributed by atoms with Gasteiger partial charge in [0, 0.05) is 10.4 Å². The zero-order valence-corrected chi connectivity index (χ0v) is 19.0. The minimum atomic E-state index is -0.291. The first-order valence-corrected chi connectivity index (χ1v) is 11.5. The zero-order valence-electron chi connectivity index (χ0n) is 18.2. The van der Waals surface area contributed by atoms with Crippen LogP contribution in [0.5, 0.6) is 5.75 Å². The Balaban J connectivity index is 1.44. The lowest BCUT2D eigenvalue weighted by molar-refractivity contribution is -0.118. The summed E-state index contributed by atoms with van der Waals surface area (Å²) >= 11 is 1.55. The van der Waals surface area contributed by atoms with Gasteiger partial charge in [0.2, 0.25) is 0 Å². The summed E-state index contributed by atoms with van der Waals surface area (Å²) in [4.78, 5) is 39.5. The van der Waals surface area contributed by atoms with Gasteiger partial charge in [-0.15, -0.1) is 16.4 Å². The van der Waals surface area contributed by atoms with Gasteiger partial charge in [0.25, 0.3) is 11.5 Å². The molecule has 9 heteroatoms. The number of Topliss-reactive ketones (excluding diaryl/α,β-unsaturated/α-hetero) is 1. The van der Waals surface area contributed by atoms with Gasteiger partial charge in [-0.3, -0.25) is 14.4 Å². The highest BCUT2D eigenvalue weighted by molar-refractivity contribution is 7.18. The van der Waals surface area contributed by atoms with Gasteiger partial charge in [0.15, 0.2) is 17.2 Å². The fourth-order valence-electron chi connectivity index (χ4n) is 4.45. The quantitative estimate of drug-likeness (QED) is 0.612. The van der Waals surface area contributed by atoms with Gasteiger partial charge in [-0.1, -0.05) is 26.0 Å². The standard InChI is InChI=1S/C23H24N4O4S/c1-23(2,3)13-5-6-14-18(9-13)32-21-20(14)22(30)27(26-25-21)10-16(28)12-4-7-17-15(8-12)24-19(29)11-31-17/h4,7-8,13H,5-6,9-11H2,1-3H3,(H,24,29)/t13-/m1/s1. The molecule has 166 valence electrons. The molecule has 1 aliphatic carbocycles. The number of rotatable bonds is 3. The first-order valence-electron chi connectivity index (χ1n) is 10.7. The Morgan fingerprint density at radius 3 is 2.91 bits per heavy atom. The predicted octanol–water partition coefficient (Wildman–Crippen LogP) is 3.22. The number of aromatic nitrogens is 3. The number of amides is 1. The molecule has 3 heterocycles. The van der Waals surface area contributed by atoms with E-state index in [4.69, 9.17) is 4.74 Å². The van der Waals surface area contributed by atoms with Gasteiger partial charge in [-0.25, -0.2) is 4.68 Å². The Morgan fingerprint density at radius 2 is 2.12 bits per heavy atom. The molecule has 32 heavy (non-hydrogen) atoms. The normalized spacial score (nSPS) is 18.0. The van der Waals surface area contributed by atoms with E-state index in [0.29, 0.717) is 33.1 Å². The summed E-state index contributed by atoms with van der Waals surface area (Å²) in [5.74, 6) is 0.511. The summed E-state index contributed by atoms with van der Waals surface area (Å²) in [7, 11) is 0. The van der Waals surface area contributed by atoms with Crippen molar-refractivity contribution >= 4 is 38.9 Å². The fourth-order valence-corrected chi connectivity index (χ4v) is 5.69. The van der Waals surface area contributed by atoms with Crippen molar-refractivity contribution in [3.05, 3.63) is 44.6 Å². The molecule has 5 rings (SSSR count). The summed E-state index contributed by atoms with van der Waals surface area (Å²) in [6, 6.07) is 4.82. The molecule has 0 bridgehead atoms. The number of ketones is 1. The minimum Gasteiger partial charge on any atom is -0.482 e. The van der Waals surface area contributed by atoms with Gasteiger partial charge < -0.3 is 10.1 Å². The lowest BCUT2D eigenvalue weighted by Crippen LogP contribution is -2.29. The molecule has 2 aliphatic rings. The number of carbonyl (C=O) groups excluding carboxylic acids is 2. The third-order valence-electron chi connectivity index (χ3n) is 6.39. The number of carbonyl (C=O) groups is 2. The zero-order chi connectivity index (χ0) is 22.6. The molecule has 2 aromatic heterocycles. The van der Waals surface area contributed by atoms with Crippen molar-refractivity contribution < 1.29 is 14.3 Å². The average molecular weight is 453 g/mol. The van der Waals surface area contributed by atoms with Gasteiger partial charge in [-0.05, 0) is 54.4 Å². The van der Waals surface area contributed by atoms with E-state index in [1.54, 1.807) is 29.5 Å². The van der Waals surface area contributed by atoms with Crippen molar-refractivity contribution in [2.45, 2.75) is 46.6 Å². The molecule has 0 unspecified atom stereocenters. The van der Waals surface area contributed by atoms with E-state index in [9.17, 15) is 14.4 Å². The molecule has 1 aromatic carbocycles. The number of nitrogens with one attached hydrogen (secondary N) is 1. The van der Waals surface area contributed by atoms with E-state index < -0.39 is 0 Å². The van der Waals surface area contributed by atoms with Crippen molar-refractivity contribution in [1.29, 1.82) is 0 Å². The van der Waals surface area contributed by atoms with Gasteiger partial charge in [0.1, 0.15) is 12.3 Å². The Morgan fingerprint density at radius 1 is 1.31 bits per heavy atom. The van der Waals surface area contributed by atoms with Crippen molar-refractivity contribution in [2.24, 2.45) is 11.3 Å². The van der Waals surface area contributed by atoms with Crippen LogP contribution in [-0.4, -0.2) is 33.3 Å². The van der Waals surface area contributed by atoms with Crippen LogP contribution in [-0.2, 0) is 24.2 Å². The van der Waals surface area contributed by atoms with Crippen molar-refractivity contribution in [3.8, 4) is 5.75 Å². The van der Waals surface area contributed by atoms with Gasteiger partial charge in [-0.2, -0.15) is 0 Å². The average Bonchev–Trinajstić information content (AvgIpc) is 3.13. The molecule has 0 radical (unpaired) electrons. The van der Waals surface area contributed by atoms with Crippen LogP contribution in [0.4, 0.5) is 5.69 Å². The Bertz CT molecular complexity index is 1320. The highest BCUT2D eigenvalue weighted by atomic mass is 32.1. The molecule has 1 atom stereocenters. The largest absolute Gasteiger partial charge is 0.482 e. The summed E-state index contributed by atoms with van der Waals surface area (Å²) in [5, 5.41) is 11.6. The number of aryl methyl sites for hydroxylation is 1. The van der Waals surface area contributed by atoms with Crippen LogP contribution in [0.1, 0.15) is 48.0 Å². The maximum Gasteiger partial charge on any atom is 0.279 e. The molecule has 0 saturated carbocycles. The molecule has 3 aromatic rings. The smallest absolute Gasteiger partial charge is 0.279 e. The maximum atomic E-state index is 13.2. The minimum absolute atomic E-state index is 0.0489. The number of benzene rings is 1. The first kappa shape index (κ1) is 20.8. The lowest BCUT2D eigenvalue weighted by atomic mass is 9.72. The Hall–Kier alpha value is -3.07. The topological polar surface area (TPSA) is 103 Å². The van der Waals surface area contributed by atoms with E-state index in [2.05, 4.69) is 36.4 Å². The molecule has 0 spiro atoms. The van der Waals surface area contributed by atoms with Crippen LogP contribution in [0, 0.1) is 11.3 Å². The molecule has 8 nitrogen and oxygen atoms in total. The third kappa shape index (κ3) is 3.60. The fraction of sp³-hybridized carbons (Fsp3) is 0.435. The van der Waals surface area contributed by atoms with E-state index in [-0.39, 0.29) is 35.8 Å². The molecule has 1 N–H and O–H groups in total. The molecule has 1 amide bonds. The molecule has 0 saturated heterocycles. The second kappa shape index (κ2) is 7.51. The molecular weight excluding hydrogens is 428 g/mol. The number of anilines is 1. The molecule has 1 aliphatic heterocycles. The van der Waals surface area contributed by atoms with Crippen LogP contribution < -0.4 is 15.6 Å². The van der Waals surface area contributed by atoms with Crippen molar-refractivity contribution in [1.82, 2.24) is 15.0 Å². The second-order valence-corrected chi connectivity index (χ2v) is 10.6. The number of hydrogen-bond donors (Lipinski definition) is 1. The van der Waals surface area contributed by atoms with E-state index in [0.717, 1.165) is 29.5 Å². The number of nitrogens with zero attached hydrogens (tertiary/aromatic N) is 3. The maximum absolute atomic E-state index is 13.2. The van der Waals surface area contributed by atoms with E-state index in [1.165, 1.54) is 4.88 Å².